The van der Waals surface area contributed by atoms with Crippen molar-refractivity contribution in [2.75, 3.05) is 17.7 Å². The summed E-state index contributed by atoms with van der Waals surface area (Å²) >= 11 is 5.15. The van der Waals surface area contributed by atoms with Gasteiger partial charge in [0.05, 0.1) is 12.7 Å². The molecule has 0 saturated heterocycles. The summed E-state index contributed by atoms with van der Waals surface area (Å²) in [5.41, 5.74) is 1.76. The average molecular weight is 385 g/mol. The normalized spacial score (nSPS) is 9.85. The molecule has 0 aliphatic heterocycles. The van der Waals surface area contributed by atoms with E-state index in [0.717, 1.165) is 0 Å². The molecule has 0 unspecified atom stereocenters. The first kappa shape index (κ1) is 20.1. The highest BCUT2D eigenvalue weighted by Crippen LogP contribution is 2.15. The maximum atomic E-state index is 12.3. The van der Waals surface area contributed by atoms with E-state index in [1.54, 1.807) is 49.4 Å². The van der Waals surface area contributed by atoms with Crippen LogP contribution in [0.3, 0.4) is 0 Å². The smallest absolute Gasteiger partial charge is 0.337 e. The van der Waals surface area contributed by atoms with Crippen LogP contribution >= 0.6 is 12.2 Å². The molecule has 7 nitrogen and oxygen atoms in total. The highest BCUT2D eigenvalue weighted by molar-refractivity contribution is 7.80. The summed E-state index contributed by atoms with van der Waals surface area (Å²) in [5, 5.41) is 8.25. The lowest BCUT2D eigenvalue weighted by atomic mass is 10.1. The third kappa shape index (κ3) is 5.89. The quantitative estimate of drug-likeness (QED) is 0.541. The van der Waals surface area contributed by atoms with Crippen LogP contribution in [0.25, 0.3) is 0 Å². The van der Waals surface area contributed by atoms with Crippen molar-refractivity contribution in [2.24, 2.45) is 0 Å². The highest BCUT2D eigenvalue weighted by atomic mass is 32.1. The van der Waals surface area contributed by atoms with Gasteiger partial charge in [0.25, 0.3) is 5.91 Å². The van der Waals surface area contributed by atoms with Gasteiger partial charge in [0.15, 0.2) is 5.11 Å². The molecular weight excluding hydrogens is 366 g/mol. The van der Waals surface area contributed by atoms with Crippen molar-refractivity contribution in [1.29, 1.82) is 0 Å². The number of thiocarbonyl (C=S) groups is 1. The van der Waals surface area contributed by atoms with E-state index in [-0.39, 0.29) is 22.1 Å². The van der Waals surface area contributed by atoms with Gasteiger partial charge in [-0.3, -0.25) is 14.9 Å². The van der Waals surface area contributed by atoms with Gasteiger partial charge in [0.2, 0.25) is 5.91 Å². The van der Waals surface area contributed by atoms with Crippen molar-refractivity contribution < 1.29 is 19.1 Å². The topological polar surface area (TPSA) is 96.5 Å². The van der Waals surface area contributed by atoms with Crippen molar-refractivity contribution >= 4 is 46.5 Å². The minimum Gasteiger partial charge on any atom is -0.465 e. The van der Waals surface area contributed by atoms with E-state index in [9.17, 15) is 14.4 Å². The largest absolute Gasteiger partial charge is 0.465 e. The Bertz CT molecular complexity index is 883. The molecule has 0 aliphatic rings. The van der Waals surface area contributed by atoms with E-state index in [2.05, 4.69) is 20.7 Å². The minimum atomic E-state index is -0.531. The number of amides is 2. The SMILES string of the molecule is CCC(=O)Nc1cccc(NC(=S)NC(=O)c2cccc(C(=O)OC)c2)c1. The number of methoxy groups -OCH3 is 1. The molecule has 0 bridgehead atoms. The zero-order chi connectivity index (χ0) is 19.8. The summed E-state index contributed by atoms with van der Waals surface area (Å²) < 4.78 is 4.64. The number of ether oxygens (including phenoxy) is 1. The first-order valence-corrected chi connectivity index (χ1v) is 8.54. The Labute approximate surface area is 162 Å². The molecule has 3 N–H and O–H groups in total. The zero-order valence-corrected chi connectivity index (χ0v) is 15.7. The van der Waals surface area contributed by atoms with Gasteiger partial charge in [0, 0.05) is 23.4 Å². The number of esters is 1. The van der Waals surface area contributed by atoms with E-state index in [4.69, 9.17) is 12.2 Å². The number of anilines is 2. The summed E-state index contributed by atoms with van der Waals surface area (Å²) in [5.74, 6) is -1.10. The molecule has 2 rings (SSSR count). The summed E-state index contributed by atoms with van der Waals surface area (Å²) in [4.78, 5) is 35.3. The molecule has 0 heterocycles. The Hall–Kier alpha value is -3.26. The van der Waals surface area contributed by atoms with Crippen LogP contribution in [0.5, 0.6) is 0 Å². The van der Waals surface area contributed by atoms with E-state index in [1.165, 1.54) is 13.2 Å². The molecule has 0 aliphatic carbocycles. The Morgan fingerprint density at radius 2 is 1.59 bits per heavy atom. The van der Waals surface area contributed by atoms with Gasteiger partial charge in [-0.25, -0.2) is 4.79 Å². The highest BCUT2D eigenvalue weighted by Gasteiger charge is 2.12. The fraction of sp³-hybridized carbons (Fsp3) is 0.158. The lowest BCUT2D eigenvalue weighted by Crippen LogP contribution is -2.34. The second-order valence-electron chi connectivity index (χ2n) is 5.46. The van der Waals surface area contributed by atoms with Gasteiger partial charge >= 0.3 is 5.97 Å². The van der Waals surface area contributed by atoms with E-state index >= 15 is 0 Å². The van der Waals surface area contributed by atoms with Crippen LogP contribution in [-0.4, -0.2) is 30.0 Å². The zero-order valence-electron chi connectivity index (χ0n) is 14.9. The first-order chi connectivity index (χ1) is 12.9. The van der Waals surface area contributed by atoms with Crippen LogP contribution in [0.15, 0.2) is 48.5 Å². The van der Waals surface area contributed by atoms with Gasteiger partial charge < -0.3 is 15.4 Å². The fourth-order valence-electron chi connectivity index (χ4n) is 2.17. The van der Waals surface area contributed by atoms with E-state index < -0.39 is 11.9 Å². The maximum absolute atomic E-state index is 12.3. The summed E-state index contributed by atoms with van der Waals surface area (Å²) in [6.45, 7) is 1.76. The van der Waals surface area contributed by atoms with Gasteiger partial charge in [-0.05, 0) is 48.6 Å². The monoisotopic (exact) mass is 385 g/mol. The van der Waals surface area contributed by atoms with Crippen LogP contribution in [0.4, 0.5) is 11.4 Å². The number of carbonyl (C=O) groups excluding carboxylic acids is 3. The molecule has 2 aromatic carbocycles. The molecule has 0 spiro atoms. The third-order valence-corrected chi connectivity index (χ3v) is 3.70. The number of rotatable bonds is 5. The summed E-state index contributed by atoms with van der Waals surface area (Å²) in [6, 6.07) is 13.1. The standard InChI is InChI=1S/C19H19N3O4S/c1-3-16(23)20-14-8-5-9-15(11-14)21-19(27)22-17(24)12-6-4-7-13(10-12)18(25)26-2/h4-11H,3H2,1-2H3,(H,20,23)(H2,21,22,24,27). The summed E-state index contributed by atoms with van der Waals surface area (Å²) in [6.07, 6.45) is 0.372. The van der Waals surface area contributed by atoms with Crippen LogP contribution in [0.2, 0.25) is 0 Å². The molecule has 27 heavy (non-hydrogen) atoms. The molecule has 0 aromatic heterocycles. The molecule has 2 aromatic rings. The minimum absolute atomic E-state index is 0.0856. The lowest BCUT2D eigenvalue weighted by molar-refractivity contribution is -0.115. The predicted octanol–water partition coefficient (Wildman–Crippen LogP) is 2.95. The molecule has 0 saturated carbocycles. The molecule has 8 heteroatoms. The number of carbonyl (C=O) groups is 3. The Morgan fingerprint density at radius 1 is 0.963 bits per heavy atom. The van der Waals surface area contributed by atoms with Gasteiger partial charge in [-0.1, -0.05) is 19.1 Å². The van der Waals surface area contributed by atoms with Crippen LogP contribution < -0.4 is 16.0 Å². The Morgan fingerprint density at radius 3 is 2.26 bits per heavy atom. The molecule has 0 radical (unpaired) electrons. The molecule has 140 valence electrons. The van der Waals surface area contributed by atoms with Crippen molar-refractivity contribution in [1.82, 2.24) is 5.32 Å². The van der Waals surface area contributed by atoms with Crippen molar-refractivity contribution in [3.8, 4) is 0 Å². The number of nitrogens with one attached hydrogen (secondary N) is 3. The lowest BCUT2D eigenvalue weighted by Gasteiger charge is -2.11. The second kappa shape index (κ2) is 9.44. The molecular formula is C19H19N3O4S. The van der Waals surface area contributed by atoms with Crippen molar-refractivity contribution in [2.45, 2.75) is 13.3 Å². The Balaban J connectivity index is 2.01. The number of hydrogen-bond acceptors (Lipinski definition) is 5. The predicted molar refractivity (Wildman–Crippen MR) is 107 cm³/mol. The maximum Gasteiger partial charge on any atom is 0.337 e. The van der Waals surface area contributed by atoms with Crippen molar-refractivity contribution in [3.63, 3.8) is 0 Å². The van der Waals surface area contributed by atoms with Crippen LogP contribution in [0.1, 0.15) is 34.1 Å². The Kier molecular flexibility index (Phi) is 7.01. The molecule has 0 atom stereocenters. The van der Waals surface area contributed by atoms with Gasteiger partial charge in [-0.2, -0.15) is 0 Å². The second-order valence-corrected chi connectivity index (χ2v) is 5.87. The molecule has 0 fully saturated rings. The van der Waals surface area contributed by atoms with Crippen LogP contribution in [0, 0.1) is 0 Å². The molecule has 2 amide bonds. The summed E-state index contributed by atoms with van der Waals surface area (Å²) in [7, 11) is 1.27. The average Bonchev–Trinajstić information content (AvgIpc) is 2.67. The van der Waals surface area contributed by atoms with E-state index in [0.29, 0.717) is 17.8 Å². The first-order valence-electron chi connectivity index (χ1n) is 8.13. The fourth-order valence-corrected chi connectivity index (χ4v) is 2.38. The van der Waals surface area contributed by atoms with Crippen molar-refractivity contribution in [3.05, 3.63) is 59.7 Å². The number of benzene rings is 2. The van der Waals surface area contributed by atoms with Gasteiger partial charge in [-0.15, -0.1) is 0 Å². The number of hydrogen-bond donors (Lipinski definition) is 3. The van der Waals surface area contributed by atoms with E-state index in [1.807, 2.05) is 0 Å². The third-order valence-electron chi connectivity index (χ3n) is 3.50. The van der Waals surface area contributed by atoms with Gasteiger partial charge in [0.1, 0.15) is 0 Å². The van der Waals surface area contributed by atoms with Crippen LogP contribution in [-0.2, 0) is 9.53 Å².